The molecule has 3 aliphatic rings. The van der Waals surface area contributed by atoms with E-state index in [0.717, 1.165) is 58.5 Å². The fourth-order valence-corrected chi connectivity index (χ4v) is 3.87. The van der Waals surface area contributed by atoms with E-state index < -0.39 is 0 Å². The highest BCUT2D eigenvalue weighted by Gasteiger charge is 2.44. The number of aliphatic hydroxyl groups excluding tert-OH is 1. The summed E-state index contributed by atoms with van der Waals surface area (Å²) in [7, 11) is 0. The molecule has 0 bridgehead atoms. The molecule has 0 aromatic carbocycles. The SMILES string of the molecule is CC1CCOC1C(O)C1CCOC2(CCOCC2)C1. The lowest BCUT2D eigenvalue weighted by Gasteiger charge is -2.45. The molecule has 4 heteroatoms. The van der Waals surface area contributed by atoms with Crippen molar-refractivity contribution in [2.75, 3.05) is 26.4 Å². The third kappa shape index (κ3) is 2.82. The first-order valence-corrected chi connectivity index (χ1v) is 7.72. The lowest BCUT2D eigenvalue weighted by molar-refractivity contribution is -0.169. The minimum Gasteiger partial charge on any atom is -0.390 e. The maximum absolute atomic E-state index is 10.6. The lowest BCUT2D eigenvalue weighted by atomic mass is 9.76. The number of rotatable bonds is 2. The summed E-state index contributed by atoms with van der Waals surface area (Å²) in [4.78, 5) is 0. The summed E-state index contributed by atoms with van der Waals surface area (Å²) in [6, 6.07) is 0. The molecule has 1 N–H and O–H groups in total. The third-order valence-electron chi connectivity index (χ3n) is 5.20. The molecule has 4 atom stereocenters. The average Bonchev–Trinajstić information content (AvgIpc) is 2.85. The average molecular weight is 270 g/mol. The van der Waals surface area contributed by atoms with Crippen molar-refractivity contribution in [3.8, 4) is 0 Å². The van der Waals surface area contributed by atoms with Gasteiger partial charge in [0.1, 0.15) is 0 Å². The van der Waals surface area contributed by atoms with Crippen LogP contribution in [0, 0.1) is 11.8 Å². The van der Waals surface area contributed by atoms with E-state index in [9.17, 15) is 5.11 Å². The summed E-state index contributed by atoms with van der Waals surface area (Å²) in [6.07, 6.45) is 4.63. The van der Waals surface area contributed by atoms with Crippen LogP contribution in [0.1, 0.15) is 39.0 Å². The van der Waals surface area contributed by atoms with Gasteiger partial charge in [0, 0.05) is 26.4 Å². The van der Waals surface area contributed by atoms with E-state index in [-0.39, 0.29) is 17.8 Å². The topological polar surface area (TPSA) is 47.9 Å². The second kappa shape index (κ2) is 5.68. The number of hydrogen-bond donors (Lipinski definition) is 1. The Balaban J connectivity index is 1.64. The smallest absolute Gasteiger partial charge is 0.0862 e. The summed E-state index contributed by atoms with van der Waals surface area (Å²) in [6.45, 7) is 5.33. The van der Waals surface area contributed by atoms with Gasteiger partial charge < -0.3 is 19.3 Å². The summed E-state index contributed by atoms with van der Waals surface area (Å²) >= 11 is 0. The molecule has 0 aromatic rings. The zero-order valence-corrected chi connectivity index (χ0v) is 11.8. The van der Waals surface area contributed by atoms with Crippen molar-refractivity contribution in [3.63, 3.8) is 0 Å². The third-order valence-corrected chi connectivity index (χ3v) is 5.20. The molecular formula is C15H26O4. The van der Waals surface area contributed by atoms with Gasteiger partial charge in [0.15, 0.2) is 0 Å². The molecule has 0 aromatic heterocycles. The Morgan fingerprint density at radius 3 is 2.58 bits per heavy atom. The van der Waals surface area contributed by atoms with Crippen LogP contribution in [0.5, 0.6) is 0 Å². The fraction of sp³-hybridized carbons (Fsp3) is 1.00. The molecular weight excluding hydrogens is 244 g/mol. The molecule has 3 saturated heterocycles. The molecule has 110 valence electrons. The van der Waals surface area contributed by atoms with Crippen molar-refractivity contribution in [3.05, 3.63) is 0 Å². The summed E-state index contributed by atoms with van der Waals surface area (Å²) in [5.41, 5.74) is -0.0377. The number of hydrogen-bond acceptors (Lipinski definition) is 4. The van der Waals surface area contributed by atoms with Gasteiger partial charge in [-0.05, 0) is 43.9 Å². The van der Waals surface area contributed by atoms with Crippen molar-refractivity contribution in [1.82, 2.24) is 0 Å². The maximum atomic E-state index is 10.6. The summed E-state index contributed by atoms with van der Waals surface area (Å²) in [5, 5.41) is 10.6. The maximum Gasteiger partial charge on any atom is 0.0862 e. The second-order valence-electron chi connectivity index (χ2n) is 6.49. The molecule has 3 heterocycles. The van der Waals surface area contributed by atoms with Gasteiger partial charge >= 0.3 is 0 Å². The molecule has 1 spiro atoms. The van der Waals surface area contributed by atoms with Gasteiger partial charge in [-0.15, -0.1) is 0 Å². The van der Waals surface area contributed by atoms with E-state index in [0.29, 0.717) is 11.8 Å². The van der Waals surface area contributed by atoms with Gasteiger partial charge in [0.25, 0.3) is 0 Å². The molecule has 0 radical (unpaired) electrons. The van der Waals surface area contributed by atoms with Crippen LogP contribution in [-0.2, 0) is 14.2 Å². The van der Waals surface area contributed by atoms with E-state index >= 15 is 0 Å². The summed E-state index contributed by atoms with van der Waals surface area (Å²) < 4.78 is 17.2. The molecule has 3 fully saturated rings. The normalized spacial score (nSPS) is 40.4. The van der Waals surface area contributed by atoms with Gasteiger partial charge in [0.05, 0.1) is 17.8 Å². The van der Waals surface area contributed by atoms with Gasteiger partial charge in [0.2, 0.25) is 0 Å². The monoisotopic (exact) mass is 270 g/mol. The van der Waals surface area contributed by atoms with Crippen molar-refractivity contribution >= 4 is 0 Å². The van der Waals surface area contributed by atoms with Crippen LogP contribution in [0.25, 0.3) is 0 Å². The molecule has 3 aliphatic heterocycles. The van der Waals surface area contributed by atoms with E-state index in [1.54, 1.807) is 0 Å². The Morgan fingerprint density at radius 1 is 1.11 bits per heavy atom. The van der Waals surface area contributed by atoms with Crippen LogP contribution in [0.2, 0.25) is 0 Å². The number of ether oxygens (including phenoxy) is 3. The zero-order valence-electron chi connectivity index (χ0n) is 11.8. The van der Waals surface area contributed by atoms with E-state index in [1.807, 2.05) is 0 Å². The van der Waals surface area contributed by atoms with Crippen LogP contribution >= 0.6 is 0 Å². The Bertz CT molecular complexity index is 295. The minimum atomic E-state index is -0.332. The van der Waals surface area contributed by atoms with E-state index in [2.05, 4.69) is 6.92 Å². The lowest BCUT2D eigenvalue weighted by Crippen LogP contribution is -2.49. The Hall–Kier alpha value is -0.160. The van der Waals surface area contributed by atoms with Gasteiger partial charge in [-0.3, -0.25) is 0 Å². The van der Waals surface area contributed by atoms with E-state index in [4.69, 9.17) is 14.2 Å². The largest absolute Gasteiger partial charge is 0.390 e. The molecule has 0 aliphatic carbocycles. The molecule has 4 nitrogen and oxygen atoms in total. The van der Waals surface area contributed by atoms with Crippen LogP contribution in [0.3, 0.4) is 0 Å². The van der Waals surface area contributed by atoms with Crippen molar-refractivity contribution < 1.29 is 19.3 Å². The molecule has 19 heavy (non-hydrogen) atoms. The fourth-order valence-electron chi connectivity index (χ4n) is 3.87. The Morgan fingerprint density at radius 2 is 1.89 bits per heavy atom. The highest BCUT2D eigenvalue weighted by Crippen LogP contribution is 2.40. The van der Waals surface area contributed by atoms with Crippen molar-refractivity contribution in [2.45, 2.75) is 56.8 Å². The zero-order chi connectivity index (χ0) is 13.3. The standard InChI is InChI=1S/C15H26O4/c1-11-2-6-18-14(11)13(16)12-3-7-19-15(10-12)4-8-17-9-5-15/h11-14,16H,2-10H2,1H3. The Labute approximate surface area is 115 Å². The van der Waals surface area contributed by atoms with E-state index in [1.165, 1.54) is 0 Å². The van der Waals surface area contributed by atoms with Crippen molar-refractivity contribution in [1.29, 1.82) is 0 Å². The first-order chi connectivity index (χ1) is 9.20. The first kappa shape index (κ1) is 13.8. The quantitative estimate of drug-likeness (QED) is 0.830. The highest BCUT2D eigenvalue weighted by molar-refractivity contribution is 4.94. The van der Waals surface area contributed by atoms with Crippen molar-refractivity contribution in [2.24, 2.45) is 11.8 Å². The van der Waals surface area contributed by atoms with Gasteiger partial charge in [-0.25, -0.2) is 0 Å². The Kier molecular flexibility index (Phi) is 4.13. The van der Waals surface area contributed by atoms with Crippen LogP contribution in [0.4, 0.5) is 0 Å². The second-order valence-corrected chi connectivity index (χ2v) is 6.49. The van der Waals surface area contributed by atoms with Gasteiger partial charge in [-0.1, -0.05) is 6.92 Å². The van der Waals surface area contributed by atoms with Crippen LogP contribution in [0.15, 0.2) is 0 Å². The molecule has 3 rings (SSSR count). The predicted octanol–water partition coefficient (Wildman–Crippen LogP) is 1.75. The van der Waals surface area contributed by atoms with Gasteiger partial charge in [-0.2, -0.15) is 0 Å². The first-order valence-electron chi connectivity index (χ1n) is 7.72. The summed E-state index contributed by atoms with van der Waals surface area (Å²) in [5.74, 6) is 0.792. The number of aliphatic hydroxyl groups is 1. The minimum absolute atomic E-state index is 0.0278. The van der Waals surface area contributed by atoms with Crippen LogP contribution < -0.4 is 0 Å². The molecule has 0 amide bonds. The van der Waals surface area contributed by atoms with Crippen LogP contribution in [-0.4, -0.2) is 49.3 Å². The highest BCUT2D eigenvalue weighted by atomic mass is 16.5. The predicted molar refractivity (Wildman–Crippen MR) is 71.0 cm³/mol. The molecule has 0 saturated carbocycles. The molecule has 4 unspecified atom stereocenters.